The van der Waals surface area contributed by atoms with Gasteiger partial charge in [0.25, 0.3) is 0 Å². The van der Waals surface area contributed by atoms with E-state index in [9.17, 15) is 0 Å². The molecule has 1 N–H and O–H groups in total. The van der Waals surface area contributed by atoms with Crippen LogP contribution >= 0.6 is 31.9 Å². The molecule has 19 heavy (non-hydrogen) atoms. The third kappa shape index (κ3) is 6.08. The van der Waals surface area contributed by atoms with Crippen molar-refractivity contribution < 1.29 is 9.47 Å². The van der Waals surface area contributed by atoms with Gasteiger partial charge in [0.05, 0.1) is 24.8 Å². The van der Waals surface area contributed by atoms with Gasteiger partial charge in [-0.3, -0.25) is 0 Å². The van der Waals surface area contributed by atoms with Crippen LogP contribution in [0.4, 0.5) is 0 Å². The summed E-state index contributed by atoms with van der Waals surface area (Å²) < 4.78 is 12.8. The van der Waals surface area contributed by atoms with Crippen molar-refractivity contribution in [1.82, 2.24) is 5.32 Å². The number of benzene rings is 1. The molecule has 0 saturated carbocycles. The van der Waals surface area contributed by atoms with Gasteiger partial charge in [-0.1, -0.05) is 22.0 Å². The lowest BCUT2D eigenvalue weighted by molar-refractivity contribution is 0.140. The zero-order chi connectivity index (χ0) is 14.1. The van der Waals surface area contributed by atoms with Crippen LogP contribution < -0.4 is 10.1 Å². The lowest BCUT2D eigenvalue weighted by Crippen LogP contribution is -2.20. The van der Waals surface area contributed by atoms with E-state index in [1.165, 1.54) is 0 Å². The second-order valence-electron chi connectivity index (χ2n) is 3.95. The van der Waals surface area contributed by atoms with E-state index < -0.39 is 0 Å². The van der Waals surface area contributed by atoms with Crippen LogP contribution in [0, 0.1) is 0 Å². The standard InChI is InChI=1S/C14H19Br2NO2/c1-3-4-6-19-7-5-17-10-11-8-12(15)9-13(16)14(11)18-2/h3,8-9,17H,1,4-7,10H2,2H3. The van der Waals surface area contributed by atoms with Crippen molar-refractivity contribution in [2.75, 3.05) is 26.9 Å². The highest BCUT2D eigenvalue weighted by Crippen LogP contribution is 2.32. The van der Waals surface area contributed by atoms with Crippen molar-refractivity contribution in [1.29, 1.82) is 0 Å². The highest BCUT2D eigenvalue weighted by atomic mass is 79.9. The molecule has 0 atom stereocenters. The van der Waals surface area contributed by atoms with Gasteiger partial charge in [-0.2, -0.15) is 0 Å². The predicted octanol–water partition coefficient (Wildman–Crippen LogP) is 3.90. The Labute approximate surface area is 131 Å². The molecule has 0 fully saturated rings. The molecular formula is C14H19Br2NO2. The molecule has 0 bridgehead atoms. The zero-order valence-corrected chi connectivity index (χ0v) is 14.2. The van der Waals surface area contributed by atoms with Crippen molar-refractivity contribution >= 4 is 31.9 Å². The molecule has 0 saturated heterocycles. The normalized spacial score (nSPS) is 10.5. The van der Waals surface area contributed by atoms with Crippen LogP contribution in [-0.4, -0.2) is 26.9 Å². The summed E-state index contributed by atoms with van der Waals surface area (Å²) in [7, 11) is 1.68. The van der Waals surface area contributed by atoms with E-state index in [1.54, 1.807) is 7.11 Å². The fraction of sp³-hybridized carbons (Fsp3) is 0.429. The van der Waals surface area contributed by atoms with Gasteiger partial charge in [-0.15, -0.1) is 6.58 Å². The van der Waals surface area contributed by atoms with Crippen LogP contribution in [0.25, 0.3) is 0 Å². The van der Waals surface area contributed by atoms with E-state index in [0.29, 0.717) is 6.61 Å². The average Bonchev–Trinajstić information content (AvgIpc) is 2.37. The predicted molar refractivity (Wildman–Crippen MR) is 85.7 cm³/mol. The van der Waals surface area contributed by atoms with E-state index in [-0.39, 0.29) is 0 Å². The third-order valence-corrected chi connectivity index (χ3v) is 3.54. The number of nitrogens with one attached hydrogen (secondary N) is 1. The van der Waals surface area contributed by atoms with Gasteiger partial charge in [0.2, 0.25) is 0 Å². The Hall–Kier alpha value is -0.360. The van der Waals surface area contributed by atoms with Crippen LogP contribution in [0.15, 0.2) is 33.7 Å². The van der Waals surface area contributed by atoms with Gasteiger partial charge >= 0.3 is 0 Å². The number of halogens is 2. The number of ether oxygens (including phenoxy) is 2. The summed E-state index contributed by atoms with van der Waals surface area (Å²) >= 11 is 6.97. The topological polar surface area (TPSA) is 30.5 Å². The summed E-state index contributed by atoms with van der Waals surface area (Å²) in [5.41, 5.74) is 1.11. The number of rotatable bonds is 9. The lowest BCUT2D eigenvalue weighted by atomic mass is 10.2. The Bertz CT molecular complexity index is 411. The molecular weight excluding hydrogens is 374 g/mol. The first-order valence-corrected chi connectivity index (χ1v) is 7.69. The van der Waals surface area contributed by atoms with Gasteiger partial charge < -0.3 is 14.8 Å². The first-order valence-electron chi connectivity index (χ1n) is 6.10. The number of methoxy groups -OCH3 is 1. The molecule has 0 aromatic heterocycles. The summed E-state index contributed by atoms with van der Waals surface area (Å²) in [6, 6.07) is 4.02. The number of hydrogen-bond donors (Lipinski definition) is 1. The molecule has 1 aromatic carbocycles. The van der Waals surface area contributed by atoms with Gasteiger partial charge in [-0.25, -0.2) is 0 Å². The highest BCUT2D eigenvalue weighted by molar-refractivity contribution is 9.11. The monoisotopic (exact) mass is 391 g/mol. The minimum Gasteiger partial charge on any atom is -0.495 e. The minimum atomic E-state index is 0.700. The van der Waals surface area contributed by atoms with Gasteiger partial charge in [0.1, 0.15) is 5.75 Å². The smallest absolute Gasteiger partial charge is 0.137 e. The maximum atomic E-state index is 5.43. The van der Waals surface area contributed by atoms with Gasteiger partial charge in [0, 0.05) is 23.1 Å². The molecule has 0 unspecified atom stereocenters. The zero-order valence-electron chi connectivity index (χ0n) is 11.0. The van der Waals surface area contributed by atoms with E-state index in [0.717, 1.165) is 46.4 Å². The Kier molecular flexibility index (Phi) is 8.37. The van der Waals surface area contributed by atoms with Crippen molar-refractivity contribution in [3.8, 4) is 5.75 Å². The van der Waals surface area contributed by atoms with E-state index in [2.05, 4.69) is 49.8 Å². The fourth-order valence-electron chi connectivity index (χ4n) is 1.61. The van der Waals surface area contributed by atoms with Crippen LogP contribution in [0.1, 0.15) is 12.0 Å². The molecule has 0 aliphatic carbocycles. The van der Waals surface area contributed by atoms with Crippen LogP contribution in [-0.2, 0) is 11.3 Å². The van der Waals surface area contributed by atoms with Crippen LogP contribution in [0.2, 0.25) is 0 Å². The molecule has 0 spiro atoms. The summed E-state index contributed by atoms with van der Waals surface area (Å²) in [6.45, 7) is 6.64. The molecule has 0 amide bonds. The molecule has 106 valence electrons. The molecule has 0 aliphatic rings. The Morgan fingerprint density at radius 1 is 1.32 bits per heavy atom. The SMILES string of the molecule is C=CCCOCCNCc1cc(Br)cc(Br)c1OC. The lowest BCUT2D eigenvalue weighted by Gasteiger charge is -2.12. The molecule has 1 aromatic rings. The molecule has 1 rings (SSSR count). The molecule has 0 radical (unpaired) electrons. The van der Waals surface area contributed by atoms with Crippen molar-refractivity contribution in [3.63, 3.8) is 0 Å². The quantitative estimate of drug-likeness (QED) is 0.510. The minimum absolute atomic E-state index is 0.700. The number of hydrogen-bond acceptors (Lipinski definition) is 3. The second-order valence-corrected chi connectivity index (χ2v) is 5.72. The van der Waals surface area contributed by atoms with E-state index in [1.807, 2.05) is 12.1 Å². The maximum absolute atomic E-state index is 5.43. The Morgan fingerprint density at radius 2 is 2.11 bits per heavy atom. The van der Waals surface area contributed by atoms with Gasteiger partial charge in [0.15, 0.2) is 0 Å². The van der Waals surface area contributed by atoms with Crippen molar-refractivity contribution in [2.45, 2.75) is 13.0 Å². The largest absolute Gasteiger partial charge is 0.495 e. The average molecular weight is 393 g/mol. The Balaban J connectivity index is 2.38. The van der Waals surface area contributed by atoms with Crippen LogP contribution in [0.5, 0.6) is 5.75 Å². The molecule has 0 aliphatic heterocycles. The van der Waals surface area contributed by atoms with Crippen LogP contribution in [0.3, 0.4) is 0 Å². The molecule has 0 heterocycles. The third-order valence-electron chi connectivity index (χ3n) is 2.49. The maximum Gasteiger partial charge on any atom is 0.137 e. The fourth-order valence-corrected chi connectivity index (χ4v) is 3.09. The molecule has 5 heteroatoms. The highest BCUT2D eigenvalue weighted by Gasteiger charge is 2.08. The summed E-state index contributed by atoms with van der Waals surface area (Å²) in [4.78, 5) is 0. The first kappa shape index (κ1) is 16.7. The summed E-state index contributed by atoms with van der Waals surface area (Å²) in [5, 5.41) is 3.34. The van der Waals surface area contributed by atoms with E-state index >= 15 is 0 Å². The first-order chi connectivity index (χ1) is 9.19. The van der Waals surface area contributed by atoms with Crippen molar-refractivity contribution in [2.24, 2.45) is 0 Å². The molecule has 3 nitrogen and oxygen atoms in total. The summed E-state index contributed by atoms with van der Waals surface area (Å²) in [6.07, 6.45) is 2.75. The van der Waals surface area contributed by atoms with Crippen molar-refractivity contribution in [3.05, 3.63) is 39.3 Å². The van der Waals surface area contributed by atoms with E-state index in [4.69, 9.17) is 9.47 Å². The second kappa shape index (κ2) is 9.53. The Morgan fingerprint density at radius 3 is 2.79 bits per heavy atom. The summed E-state index contributed by atoms with van der Waals surface area (Å²) in [5.74, 6) is 0.864. The van der Waals surface area contributed by atoms with Gasteiger partial charge in [-0.05, 0) is 34.5 Å².